The van der Waals surface area contributed by atoms with E-state index in [1.165, 1.54) is 0 Å². The molecule has 1 N–H and O–H groups in total. The Morgan fingerprint density at radius 2 is 2.07 bits per heavy atom. The minimum absolute atomic E-state index is 0.0822. The Labute approximate surface area is 86.1 Å². The van der Waals surface area contributed by atoms with E-state index in [2.05, 4.69) is 25.7 Å². The van der Waals surface area contributed by atoms with Crippen LogP contribution in [0.3, 0.4) is 0 Å². The zero-order chi connectivity index (χ0) is 10.7. The van der Waals surface area contributed by atoms with Gasteiger partial charge in [0.2, 0.25) is 0 Å². The van der Waals surface area contributed by atoms with Crippen molar-refractivity contribution >= 4 is 5.97 Å². The van der Waals surface area contributed by atoms with Gasteiger partial charge in [0, 0.05) is 12.6 Å². The maximum atomic E-state index is 10.6. The molecular formula is C11H21NO2. The first-order valence-corrected chi connectivity index (χ1v) is 5.51. The Morgan fingerprint density at radius 3 is 2.43 bits per heavy atom. The molecule has 1 aliphatic carbocycles. The van der Waals surface area contributed by atoms with E-state index in [1.807, 2.05) is 0 Å². The predicted octanol–water partition coefficient (Wildman–Crippen LogP) is 1.83. The van der Waals surface area contributed by atoms with Crippen molar-refractivity contribution in [3.8, 4) is 0 Å². The topological polar surface area (TPSA) is 40.5 Å². The number of hydrogen-bond acceptors (Lipinski definition) is 2. The lowest BCUT2D eigenvalue weighted by Crippen LogP contribution is -2.48. The zero-order valence-corrected chi connectivity index (χ0v) is 9.36. The van der Waals surface area contributed by atoms with Gasteiger partial charge in [-0.15, -0.1) is 0 Å². The normalized spacial score (nSPS) is 26.6. The first kappa shape index (κ1) is 11.5. The van der Waals surface area contributed by atoms with Crippen molar-refractivity contribution in [3.63, 3.8) is 0 Å². The molecule has 3 heteroatoms. The highest BCUT2D eigenvalue weighted by atomic mass is 16.4. The largest absolute Gasteiger partial charge is 0.481 e. The van der Waals surface area contributed by atoms with Crippen LogP contribution < -0.4 is 0 Å². The summed E-state index contributed by atoms with van der Waals surface area (Å²) in [6.07, 6.45) is 1.69. The van der Waals surface area contributed by atoms with Crippen molar-refractivity contribution in [2.75, 3.05) is 13.1 Å². The molecule has 0 atom stereocenters. The first-order valence-electron chi connectivity index (χ1n) is 5.51. The van der Waals surface area contributed by atoms with Gasteiger partial charge in [-0.1, -0.05) is 20.8 Å². The van der Waals surface area contributed by atoms with E-state index < -0.39 is 5.97 Å². The van der Waals surface area contributed by atoms with Gasteiger partial charge in [-0.25, -0.2) is 0 Å². The van der Waals surface area contributed by atoms with Gasteiger partial charge < -0.3 is 10.0 Å². The molecule has 0 aliphatic heterocycles. The van der Waals surface area contributed by atoms with Gasteiger partial charge in [0.15, 0.2) is 0 Å². The van der Waals surface area contributed by atoms with Gasteiger partial charge in [-0.3, -0.25) is 4.79 Å². The van der Waals surface area contributed by atoms with E-state index in [0.29, 0.717) is 12.0 Å². The number of aliphatic carboxylic acids is 1. The Morgan fingerprint density at radius 1 is 1.50 bits per heavy atom. The molecule has 14 heavy (non-hydrogen) atoms. The summed E-state index contributed by atoms with van der Waals surface area (Å²) < 4.78 is 0. The Hall–Kier alpha value is -0.570. The average molecular weight is 199 g/mol. The second kappa shape index (κ2) is 4.78. The number of carboxylic acid groups (broad SMARTS) is 1. The van der Waals surface area contributed by atoms with Gasteiger partial charge in [0.25, 0.3) is 0 Å². The molecule has 0 aromatic carbocycles. The molecule has 0 heterocycles. The Balaban J connectivity index is 2.32. The smallest absolute Gasteiger partial charge is 0.306 e. The van der Waals surface area contributed by atoms with Gasteiger partial charge in [-0.2, -0.15) is 0 Å². The van der Waals surface area contributed by atoms with E-state index in [9.17, 15) is 4.79 Å². The molecule has 1 fully saturated rings. The highest BCUT2D eigenvalue weighted by Gasteiger charge is 2.37. The summed E-state index contributed by atoms with van der Waals surface area (Å²) in [7, 11) is 0. The molecular weight excluding hydrogens is 178 g/mol. The lowest BCUT2D eigenvalue weighted by molar-refractivity contribution is -0.147. The molecule has 82 valence electrons. The van der Waals surface area contributed by atoms with Gasteiger partial charge >= 0.3 is 5.97 Å². The third kappa shape index (κ3) is 2.71. The van der Waals surface area contributed by atoms with Crippen LogP contribution in [0, 0.1) is 11.8 Å². The highest BCUT2D eigenvalue weighted by Crippen LogP contribution is 2.32. The molecule has 0 unspecified atom stereocenters. The first-order chi connectivity index (χ1) is 6.54. The van der Waals surface area contributed by atoms with Crippen LogP contribution in [0.4, 0.5) is 0 Å². The number of hydrogen-bond donors (Lipinski definition) is 1. The summed E-state index contributed by atoms with van der Waals surface area (Å²) in [5, 5.41) is 8.77. The minimum Gasteiger partial charge on any atom is -0.481 e. The van der Waals surface area contributed by atoms with Crippen LogP contribution in [-0.2, 0) is 4.79 Å². The monoisotopic (exact) mass is 199 g/mol. The fraction of sp³-hybridized carbons (Fsp3) is 0.909. The lowest BCUT2D eigenvalue weighted by Gasteiger charge is -2.41. The molecule has 1 rings (SSSR count). The average Bonchev–Trinajstić information content (AvgIpc) is 1.98. The quantitative estimate of drug-likeness (QED) is 0.734. The molecule has 0 amide bonds. The SMILES string of the molecule is CCN(CC(C)C)C1CC(C(=O)O)C1. The van der Waals surface area contributed by atoms with E-state index in [-0.39, 0.29) is 5.92 Å². The van der Waals surface area contributed by atoms with Crippen LogP contribution in [0.5, 0.6) is 0 Å². The van der Waals surface area contributed by atoms with Crippen molar-refractivity contribution in [3.05, 3.63) is 0 Å². The second-order valence-electron chi connectivity index (χ2n) is 4.64. The summed E-state index contributed by atoms with van der Waals surface area (Å²) in [5.74, 6) is -0.0399. The van der Waals surface area contributed by atoms with E-state index >= 15 is 0 Å². The summed E-state index contributed by atoms with van der Waals surface area (Å²) >= 11 is 0. The lowest BCUT2D eigenvalue weighted by atomic mass is 9.79. The molecule has 3 nitrogen and oxygen atoms in total. The van der Waals surface area contributed by atoms with Crippen molar-refractivity contribution in [1.82, 2.24) is 4.90 Å². The summed E-state index contributed by atoms with van der Waals surface area (Å²) in [4.78, 5) is 13.0. The van der Waals surface area contributed by atoms with Crippen LogP contribution >= 0.6 is 0 Å². The van der Waals surface area contributed by atoms with Crippen molar-refractivity contribution in [2.45, 2.75) is 39.7 Å². The number of carbonyl (C=O) groups is 1. The van der Waals surface area contributed by atoms with Gasteiger partial charge in [0.05, 0.1) is 5.92 Å². The standard InChI is InChI=1S/C11H21NO2/c1-4-12(7-8(2)3)10-5-9(6-10)11(13)14/h8-10H,4-7H2,1-3H3,(H,13,14). The zero-order valence-electron chi connectivity index (χ0n) is 9.36. The van der Waals surface area contributed by atoms with Crippen molar-refractivity contribution < 1.29 is 9.90 Å². The van der Waals surface area contributed by atoms with Gasteiger partial charge in [-0.05, 0) is 25.3 Å². The van der Waals surface area contributed by atoms with E-state index in [1.54, 1.807) is 0 Å². The molecule has 1 saturated carbocycles. The Bertz CT molecular complexity index is 197. The molecule has 0 aromatic heterocycles. The summed E-state index contributed by atoms with van der Waals surface area (Å²) in [6.45, 7) is 8.69. The van der Waals surface area contributed by atoms with Crippen molar-refractivity contribution in [1.29, 1.82) is 0 Å². The van der Waals surface area contributed by atoms with Crippen LogP contribution in [0.15, 0.2) is 0 Å². The third-order valence-electron chi connectivity index (χ3n) is 2.98. The number of rotatable bonds is 5. The van der Waals surface area contributed by atoms with Crippen LogP contribution in [0.25, 0.3) is 0 Å². The third-order valence-corrected chi connectivity index (χ3v) is 2.98. The fourth-order valence-electron chi connectivity index (χ4n) is 2.09. The maximum absolute atomic E-state index is 10.6. The molecule has 1 aliphatic rings. The number of carboxylic acids is 1. The highest BCUT2D eigenvalue weighted by molar-refractivity contribution is 5.71. The fourth-order valence-corrected chi connectivity index (χ4v) is 2.09. The second-order valence-corrected chi connectivity index (χ2v) is 4.64. The summed E-state index contributed by atoms with van der Waals surface area (Å²) in [5.41, 5.74) is 0. The van der Waals surface area contributed by atoms with E-state index in [4.69, 9.17) is 5.11 Å². The van der Waals surface area contributed by atoms with Crippen LogP contribution in [0.1, 0.15) is 33.6 Å². The molecule has 0 spiro atoms. The van der Waals surface area contributed by atoms with E-state index in [0.717, 1.165) is 25.9 Å². The Kier molecular flexibility index (Phi) is 3.93. The number of nitrogens with zero attached hydrogens (tertiary/aromatic N) is 1. The van der Waals surface area contributed by atoms with Crippen LogP contribution in [0.2, 0.25) is 0 Å². The summed E-state index contributed by atoms with van der Waals surface area (Å²) in [6, 6.07) is 0.517. The molecule has 0 saturated heterocycles. The van der Waals surface area contributed by atoms with Crippen molar-refractivity contribution in [2.24, 2.45) is 11.8 Å². The minimum atomic E-state index is -0.623. The van der Waals surface area contributed by atoms with Gasteiger partial charge in [0.1, 0.15) is 0 Å². The predicted molar refractivity (Wildman–Crippen MR) is 56.2 cm³/mol. The molecule has 0 bridgehead atoms. The molecule has 0 aromatic rings. The van der Waals surface area contributed by atoms with Crippen LogP contribution in [-0.4, -0.2) is 35.1 Å². The molecule has 0 radical (unpaired) electrons. The maximum Gasteiger partial charge on any atom is 0.306 e.